The van der Waals surface area contributed by atoms with Gasteiger partial charge in [0.05, 0.1) is 10.6 Å². The summed E-state index contributed by atoms with van der Waals surface area (Å²) >= 11 is 0. The first-order chi connectivity index (χ1) is 21.1. The van der Waals surface area contributed by atoms with Gasteiger partial charge in [-0.25, -0.2) is 8.42 Å². The number of nitrogens with zero attached hydrogens (tertiary/aromatic N) is 2. The average Bonchev–Trinajstić information content (AvgIpc) is 3.04. The number of aryl methyl sites for hydroxylation is 1. The molecule has 1 N–H and O–H groups in total. The van der Waals surface area contributed by atoms with Gasteiger partial charge >= 0.3 is 0 Å². The first-order valence-electron chi connectivity index (χ1n) is 14.6. The minimum atomic E-state index is -4.16. The van der Waals surface area contributed by atoms with Crippen LogP contribution in [0, 0.1) is 6.92 Å². The molecule has 0 aliphatic carbocycles. The summed E-state index contributed by atoms with van der Waals surface area (Å²) in [6, 6.07) is 30.5. The molecule has 0 spiro atoms. The largest absolute Gasteiger partial charge is 0.457 e. The number of carbonyl (C=O) groups is 2. The van der Waals surface area contributed by atoms with E-state index in [9.17, 15) is 18.0 Å². The van der Waals surface area contributed by atoms with E-state index in [4.69, 9.17) is 4.74 Å². The highest BCUT2D eigenvalue weighted by Crippen LogP contribution is 2.28. The molecule has 0 saturated carbocycles. The summed E-state index contributed by atoms with van der Waals surface area (Å²) in [6.07, 6.45) is 0.734. The van der Waals surface area contributed by atoms with E-state index < -0.39 is 28.5 Å². The maximum atomic E-state index is 14.1. The third-order valence-electron chi connectivity index (χ3n) is 7.36. The molecule has 230 valence electrons. The van der Waals surface area contributed by atoms with Gasteiger partial charge < -0.3 is 15.0 Å². The number of rotatable bonds is 13. The van der Waals surface area contributed by atoms with Crippen LogP contribution in [0.15, 0.2) is 114 Å². The van der Waals surface area contributed by atoms with Crippen LogP contribution in [0.2, 0.25) is 0 Å². The van der Waals surface area contributed by atoms with Gasteiger partial charge in [0.15, 0.2) is 0 Å². The van der Waals surface area contributed by atoms with Crippen LogP contribution in [0.3, 0.4) is 0 Å². The van der Waals surface area contributed by atoms with Crippen LogP contribution in [-0.2, 0) is 26.2 Å². The summed E-state index contributed by atoms with van der Waals surface area (Å²) in [5.74, 6) is 0.335. The van der Waals surface area contributed by atoms with Gasteiger partial charge in [-0.05, 0) is 81.3 Å². The van der Waals surface area contributed by atoms with Crippen molar-refractivity contribution in [2.75, 3.05) is 10.8 Å². The topological polar surface area (TPSA) is 96.0 Å². The Hall–Kier alpha value is -4.63. The van der Waals surface area contributed by atoms with Gasteiger partial charge in [0, 0.05) is 12.6 Å². The monoisotopic (exact) mass is 613 g/mol. The predicted octanol–water partition coefficient (Wildman–Crippen LogP) is 6.31. The second kappa shape index (κ2) is 14.7. The number of carbonyl (C=O) groups excluding carboxylic acids is 2. The summed E-state index contributed by atoms with van der Waals surface area (Å²) < 4.78 is 35.0. The Morgan fingerprint density at radius 2 is 1.36 bits per heavy atom. The lowest BCUT2D eigenvalue weighted by Crippen LogP contribution is -2.52. The van der Waals surface area contributed by atoms with E-state index in [0.29, 0.717) is 11.5 Å². The van der Waals surface area contributed by atoms with Crippen molar-refractivity contribution in [3.63, 3.8) is 0 Å². The van der Waals surface area contributed by atoms with E-state index >= 15 is 0 Å². The number of ether oxygens (including phenoxy) is 1. The van der Waals surface area contributed by atoms with Crippen molar-refractivity contribution in [3.8, 4) is 11.5 Å². The summed E-state index contributed by atoms with van der Waals surface area (Å²) in [6.45, 7) is 7.12. The quantitative estimate of drug-likeness (QED) is 0.191. The molecular weight excluding hydrogens is 574 g/mol. The van der Waals surface area contributed by atoms with Gasteiger partial charge in [0.1, 0.15) is 24.1 Å². The molecule has 0 bridgehead atoms. The minimum Gasteiger partial charge on any atom is -0.457 e. The Balaban J connectivity index is 1.68. The van der Waals surface area contributed by atoms with Crippen LogP contribution in [0.5, 0.6) is 11.5 Å². The molecule has 4 rings (SSSR count). The van der Waals surface area contributed by atoms with Gasteiger partial charge in [-0.2, -0.15) is 0 Å². The molecule has 0 aromatic heterocycles. The van der Waals surface area contributed by atoms with Gasteiger partial charge in [0.25, 0.3) is 10.0 Å². The molecule has 2 atom stereocenters. The molecule has 0 fully saturated rings. The number of hydrogen-bond donors (Lipinski definition) is 1. The zero-order chi connectivity index (χ0) is 31.7. The smallest absolute Gasteiger partial charge is 0.264 e. The number of amides is 2. The zero-order valence-electron chi connectivity index (χ0n) is 25.5. The lowest BCUT2D eigenvalue weighted by Gasteiger charge is -2.32. The normalized spacial score (nSPS) is 12.5. The fraction of sp³-hybridized carbons (Fsp3) is 0.257. The highest BCUT2D eigenvalue weighted by Gasteiger charge is 2.32. The summed E-state index contributed by atoms with van der Waals surface area (Å²) in [5.41, 5.74) is 2.18. The SMILES string of the molecule is CCC(C)NC(=O)C(C)N(Cc1ccc(C)cc1)C(=O)CN(c1ccc(Oc2ccccc2)cc1)S(=O)(=O)c1ccccc1. The zero-order valence-corrected chi connectivity index (χ0v) is 26.3. The number of para-hydroxylation sites is 1. The van der Waals surface area contributed by atoms with E-state index in [1.165, 1.54) is 17.0 Å². The van der Waals surface area contributed by atoms with Crippen molar-refractivity contribution in [1.82, 2.24) is 10.2 Å². The summed E-state index contributed by atoms with van der Waals surface area (Å²) in [4.78, 5) is 28.8. The maximum Gasteiger partial charge on any atom is 0.264 e. The molecule has 9 heteroatoms. The van der Waals surface area contributed by atoms with Crippen molar-refractivity contribution >= 4 is 27.5 Å². The maximum absolute atomic E-state index is 14.1. The van der Waals surface area contributed by atoms with E-state index in [-0.39, 0.29) is 29.1 Å². The highest BCUT2D eigenvalue weighted by molar-refractivity contribution is 7.92. The fourth-order valence-corrected chi connectivity index (χ4v) is 5.93. The van der Waals surface area contributed by atoms with Gasteiger partial charge in [-0.15, -0.1) is 0 Å². The van der Waals surface area contributed by atoms with Crippen LogP contribution in [0.4, 0.5) is 5.69 Å². The molecule has 0 saturated heterocycles. The first kappa shape index (κ1) is 32.3. The van der Waals surface area contributed by atoms with Crippen molar-refractivity contribution < 1.29 is 22.7 Å². The molecule has 0 aliphatic heterocycles. The van der Waals surface area contributed by atoms with E-state index in [0.717, 1.165) is 21.9 Å². The predicted molar refractivity (Wildman–Crippen MR) is 173 cm³/mol. The molecule has 2 unspecified atom stereocenters. The van der Waals surface area contributed by atoms with Crippen LogP contribution in [-0.4, -0.2) is 43.8 Å². The van der Waals surface area contributed by atoms with E-state index in [1.54, 1.807) is 49.4 Å². The van der Waals surface area contributed by atoms with E-state index in [2.05, 4.69) is 5.32 Å². The number of hydrogen-bond acceptors (Lipinski definition) is 5. The molecule has 4 aromatic carbocycles. The Kier molecular flexibility index (Phi) is 10.8. The molecule has 0 heterocycles. The van der Waals surface area contributed by atoms with Crippen molar-refractivity contribution in [2.24, 2.45) is 0 Å². The van der Waals surface area contributed by atoms with Crippen molar-refractivity contribution in [3.05, 3.63) is 120 Å². The van der Waals surface area contributed by atoms with Gasteiger partial charge in [-0.1, -0.05) is 73.2 Å². The fourth-order valence-electron chi connectivity index (χ4n) is 4.49. The lowest BCUT2D eigenvalue weighted by molar-refractivity contribution is -0.139. The van der Waals surface area contributed by atoms with E-state index in [1.807, 2.05) is 75.4 Å². The Bertz CT molecular complexity index is 1630. The molecule has 0 aliphatic rings. The molecule has 2 amide bonds. The molecule has 8 nitrogen and oxygen atoms in total. The van der Waals surface area contributed by atoms with Crippen molar-refractivity contribution in [2.45, 2.75) is 57.6 Å². The number of benzene rings is 4. The van der Waals surface area contributed by atoms with Gasteiger partial charge in [-0.3, -0.25) is 13.9 Å². The standard InChI is InChI=1S/C35H39N3O5S/c1-5-27(3)36-35(40)28(4)37(24-29-18-16-26(2)17-19-29)34(39)25-38(44(41,42)33-14-10-7-11-15-33)30-20-22-32(23-21-30)43-31-12-8-6-9-13-31/h6-23,27-28H,5,24-25H2,1-4H3,(H,36,40). The lowest BCUT2D eigenvalue weighted by atomic mass is 10.1. The third-order valence-corrected chi connectivity index (χ3v) is 9.14. The minimum absolute atomic E-state index is 0.0464. The van der Waals surface area contributed by atoms with Crippen LogP contribution >= 0.6 is 0 Å². The third kappa shape index (κ3) is 8.26. The van der Waals surface area contributed by atoms with Crippen LogP contribution in [0.1, 0.15) is 38.3 Å². The highest BCUT2D eigenvalue weighted by atomic mass is 32.2. The van der Waals surface area contributed by atoms with Crippen molar-refractivity contribution in [1.29, 1.82) is 0 Å². The molecule has 44 heavy (non-hydrogen) atoms. The first-order valence-corrected chi connectivity index (χ1v) is 16.1. The Labute approximate surface area is 260 Å². The summed E-state index contributed by atoms with van der Waals surface area (Å²) in [5, 5.41) is 2.95. The number of anilines is 1. The van der Waals surface area contributed by atoms with Crippen LogP contribution in [0.25, 0.3) is 0 Å². The van der Waals surface area contributed by atoms with Crippen LogP contribution < -0.4 is 14.4 Å². The van der Waals surface area contributed by atoms with Gasteiger partial charge in [0.2, 0.25) is 11.8 Å². The second-order valence-corrected chi connectivity index (χ2v) is 12.6. The Morgan fingerprint density at radius 1 is 0.795 bits per heavy atom. The number of sulfonamides is 1. The average molecular weight is 614 g/mol. The summed E-state index contributed by atoms with van der Waals surface area (Å²) in [7, 11) is -4.16. The Morgan fingerprint density at radius 3 is 1.95 bits per heavy atom. The number of nitrogens with one attached hydrogen (secondary N) is 1. The second-order valence-electron chi connectivity index (χ2n) is 10.7. The molecule has 0 radical (unpaired) electrons. The molecule has 4 aromatic rings. The molecular formula is C35H39N3O5S.